The van der Waals surface area contributed by atoms with Crippen LogP contribution >= 0.6 is 0 Å². The number of nitrogens with one attached hydrogen (secondary N) is 2. The molecular weight excluding hydrogens is 222 g/mol. The summed E-state index contributed by atoms with van der Waals surface area (Å²) in [6.07, 6.45) is 0. The summed E-state index contributed by atoms with van der Waals surface area (Å²) in [7, 11) is 0. The Morgan fingerprint density at radius 2 is 1.82 bits per heavy atom. The maximum atomic E-state index is 3.97. The molecule has 0 atom stereocenters. The van der Waals surface area contributed by atoms with Gasteiger partial charge in [-0.05, 0) is 15.7 Å². The van der Waals surface area contributed by atoms with Crippen molar-refractivity contribution in [3.63, 3.8) is 0 Å². The van der Waals surface area contributed by atoms with Crippen molar-refractivity contribution >= 4 is 5.95 Å². The van der Waals surface area contributed by atoms with Crippen molar-refractivity contribution < 1.29 is 0 Å². The molecule has 0 bridgehead atoms. The molecular formula is C8H7N9. The third-order valence-electron chi connectivity index (χ3n) is 2.23. The summed E-state index contributed by atoms with van der Waals surface area (Å²) in [6, 6.07) is 9.36. The minimum absolute atomic E-state index is 0.272. The molecule has 84 valence electrons. The highest BCUT2D eigenvalue weighted by molar-refractivity contribution is 5.34. The van der Waals surface area contributed by atoms with Gasteiger partial charge in [0.1, 0.15) is 0 Å². The second kappa shape index (κ2) is 3.70. The molecule has 3 rings (SSSR count). The van der Waals surface area contributed by atoms with Crippen LogP contribution in [0.15, 0.2) is 51.0 Å². The van der Waals surface area contributed by atoms with Crippen LogP contribution in [0.5, 0.6) is 0 Å². The molecule has 0 amide bonds. The molecule has 9 heteroatoms. The zero-order chi connectivity index (χ0) is 11.6. The predicted octanol–water partition coefficient (Wildman–Crippen LogP) is 1.26. The molecule has 9 nitrogen and oxygen atoms in total. The van der Waals surface area contributed by atoms with Crippen molar-refractivity contribution in [2.75, 3.05) is 5.32 Å². The first-order valence-corrected chi connectivity index (χ1v) is 4.80. The lowest BCUT2D eigenvalue weighted by molar-refractivity contribution is 0.531. The molecule has 2 heterocycles. The van der Waals surface area contributed by atoms with Crippen LogP contribution in [0.2, 0.25) is 0 Å². The third kappa shape index (κ3) is 1.62. The van der Waals surface area contributed by atoms with Crippen molar-refractivity contribution in [2.24, 2.45) is 20.7 Å². The summed E-state index contributed by atoms with van der Waals surface area (Å²) in [5.41, 5.74) is 0.787. The van der Waals surface area contributed by atoms with Crippen LogP contribution in [0.1, 0.15) is 5.56 Å². The number of H-pyrrole nitrogens is 1. The molecule has 2 N–H and O–H groups in total. The Hall–Kier alpha value is -2.71. The summed E-state index contributed by atoms with van der Waals surface area (Å²) in [4.78, 5) is 0. The van der Waals surface area contributed by atoms with Crippen LogP contribution < -0.4 is 5.32 Å². The molecule has 0 saturated heterocycles. The molecule has 1 aromatic heterocycles. The minimum Gasteiger partial charge on any atom is -0.302 e. The molecule has 17 heavy (non-hydrogen) atoms. The number of aromatic nitrogens is 4. The number of tetrazole rings is 1. The van der Waals surface area contributed by atoms with E-state index >= 15 is 0 Å². The van der Waals surface area contributed by atoms with Gasteiger partial charge < -0.3 is 5.32 Å². The first kappa shape index (κ1) is 9.51. The van der Waals surface area contributed by atoms with Gasteiger partial charge in [0.2, 0.25) is 0 Å². The number of anilines is 1. The summed E-state index contributed by atoms with van der Waals surface area (Å²) < 4.78 is 0. The van der Waals surface area contributed by atoms with E-state index in [0.29, 0.717) is 0 Å². The molecule has 0 spiro atoms. The maximum absolute atomic E-state index is 3.97. The fourth-order valence-electron chi connectivity index (χ4n) is 1.47. The van der Waals surface area contributed by atoms with Gasteiger partial charge in [-0.3, -0.25) is 0 Å². The molecule has 2 aromatic rings. The van der Waals surface area contributed by atoms with E-state index in [4.69, 9.17) is 0 Å². The third-order valence-corrected chi connectivity index (χ3v) is 2.23. The zero-order valence-electron chi connectivity index (χ0n) is 8.52. The normalized spacial score (nSPS) is 16.2. The number of benzene rings is 1. The SMILES string of the molecule is c1ccc(C2(Nc3nn[nH]n3)N=NN=N2)cc1. The van der Waals surface area contributed by atoms with Crippen molar-refractivity contribution in [1.82, 2.24) is 20.6 Å². The average molecular weight is 229 g/mol. The molecule has 1 aliphatic rings. The van der Waals surface area contributed by atoms with Gasteiger partial charge in [-0.15, -0.1) is 15.3 Å². The highest BCUT2D eigenvalue weighted by Gasteiger charge is 2.36. The van der Waals surface area contributed by atoms with E-state index in [1.54, 1.807) is 0 Å². The number of hydrogen-bond donors (Lipinski definition) is 2. The summed E-state index contributed by atoms with van der Waals surface area (Å²) in [5, 5.41) is 31.3. The van der Waals surface area contributed by atoms with E-state index in [1.807, 2.05) is 30.3 Å². The van der Waals surface area contributed by atoms with E-state index in [1.165, 1.54) is 0 Å². The van der Waals surface area contributed by atoms with E-state index in [9.17, 15) is 0 Å². The van der Waals surface area contributed by atoms with Crippen molar-refractivity contribution in [3.05, 3.63) is 35.9 Å². The predicted molar refractivity (Wildman–Crippen MR) is 55.6 cm³/mol. The Bertz CT molecular complexity index is 532. The molecule has 0 radical (unpaired) electrons. The van der Waals surface area contributed by atoms with Gasteiger partial charge in [0.15, 0.2) is 0 Å². The molecule has 0 fully saturated rings. The van der Waals surface area contributed by atoms with Crippen LogP contribution in [-0.4, -0.2) is 20.6 Å². The van der Waals surface area contributed by atoms with Crippen LogP contribution in [0.25, 0.3) is 0 Å². The van der Waals surface area contributed by atoms with Gasteiger partial charge in [0.25, 0.3) is 11.7 Å². The zero-order valence-corrected chi connectivity index (χ0v) is 8.52. The lowest BCUT2D eigenvalue weighted by atomic mass is 10.1. The second-order valence-corrected chi connectivity index (χ2v) is 3.28. The Kier molecular flexibility index (Phi) is 2.07. The van der Waals surface area contributed by atoms with E-state index in [2.05, 4.69) is 46.6 Å². The molecule has 1 aromatic carbocycles. The quantitative estimate of drug-likeness (QED) is 0.823. The highest BCUT2D eigenvalue weighted by Crippen LogP contribution is 2.31. The summed E-state index contributed by atoms with van der Waals surface area (Å²) in [6.45, 7) is 0. The van der Waals surface area contributed by atoms with Gasteiger partial charge in [-0.2, -0.15) is 5.21 Å². The van der Waals surface area contributed by atoms with Gasteiger partial charge in [-0.25, -0.2) is 0 Å². The van der Waals surface area contributed by atoms with Crippen LogP contribution in [-0.2, 0) is 5.79 Å². The molecule has 0 unspecified atom stereocenters. The largest absolute Gasteiger partial charge is 0.302 e. The molecule has 0 saturated carbocycles. The molecule has 0 aliphatic carbocycles. The van der Waals surface area contributed by atoms with Crippen molar-refractivity contribution in [3.8, 4) is 0 Å². The topological polar surface area (TPSA) is 116 Å². The first-order valence-electron chi connectivity index (χ1n) is 4.80. The summed E-state index contributed by atoms with van der Waals surface area (Å²) in [5.74, 6) is -0.834. The minimum atomic E-state index is -1.11. The van der Waals surface area contributed by atoms with Crippen LogP contribution in [0.3, 0.4) is 0 Å². The van der Waals surface area contributed by atoms with Gasteiger partial charge in [-0.1, -0.05) is 35.4 Å². The number of nitrogens with zero attached hydrogens (tertiary/aromatic N) is 7. The monoisotopic (exact) mass is 229 g/mol. The average Bonchev–Trinajstić information content (AvgIpc) is 3.03. The summed E-state index contributed by atoms with van der Waals surface area (Å²) >= 11 is 0. The second-order valence-electron chi connectivity index (χ2n) is 3.28. The number of hydrogen-bond acceptors (Lipinski definition) is 8. The Labute approximate surface area is 95.0 Å². The molecule has 1 aliphatic heterocycles. The first-order chi connectivity index (χ1) is 8.39. The standard InChI is InChI=1S/C8H7N9/c1-2-4-6(5-3-1)8(12-16-17-13-8)9-7-10-14-15-11-7/h1-5H,(H2,9,10,11,14,15). The number of rotatable bonds is 3. The van der Waals surface area contributed by atoms with Gasteiger partial charge in [0.05, 0.1) is 0 Å². The van der Waals surface area contributed by atoms with Crippen molar-refractivity contribution in [1.29, 1.82) is 0 Å². The van der Waals surface area contributed by atoms with E-state index in [0.717, 1.165) is 5.56 Å². The van der Waals surface area contributed by atoms with Crippen LogP contribution in [0, 0.1) is 0 Å². The van der Waals surface area contributed by atoms with Gasteiger partial charge in [0, 0.05) is 5.56 Å². The fourth-order valence-corrected chi connectivity index (χ4v) is 1.47. The smallest absolute Gasteiger partial charge is 0.295 e. The van der Waals surface area contributed by atoms with E-state index < -0.39 is 5.79 Å². The van der Waals surface area contributed by atoms with Crippen molar-refractivity contribution in [2.45, 2.75) is 5.79 Å². The Morgan fingerprint density at radius 3 is 2.47 bits per heavy atom. The lowest BCUT2D eigenvalue weighted by Gasteiger charge is -2.19. The van der Waals surface area contributed by atoms with E-state index in [-0.39, 0.29) is 5.95 Å². The fraction of sp³-hybridized carbons (Fsp3) is 0.125. The highest BCUT2D eigenvalue weighted by atomic mass is 15.6. The Balaban J connectivity index is 2.00. The Morgan fingerprint density at radius 1 is 1.06 bits per heavy atom. The van der Waals surface area contributed by atoms with Crippen LogP contribution in [0.4, 0.5) is 5.95 Å². The van der Waals surface area contributed by atoms with Gasteiger partial charge >= 0.3 is 0 Å². The lowest BCUT2D eigenvalue weighted by Crippen LogP contribution is -2.29. The maximum Gasteiger partial charge on any atom is 0.295 e. The number of aromatic amines is 1.